The van der Waals surface area contributed by atoms with Gasteiger partial charge in [0, 0.05) is 0 Å². The Morgan fingerprint density at radius 1 is 1.33 bits per heavy atom. The second-order valence-corrected chi connectivity index (χ2v) is 2.28. The fraction of sp³-hybridized carbons (Fsp3) is 0. The first-order valence-electron chi connectivity index (χ1n) is 3.48. The Morgan fingerprint density at radius 3 is 2.67 bits per heavy atom. The van der Waals surface area contributed by atoms with Crippen molar-refractivity contribution in [3.63, 3.8) is 0 Å². The molecule has 0 unspecified atom stereocenters. The first kappa shape index (κ1) is 6.93. The van der Waals surface area contributed by atoms with Gasteiger partial charge in [-0.05, 0) is 17.7 Å². The van der Waals surface area contributed by atoms with E-state index < -0.39 is 0 Å². The lowest BCUT2D eigenvalue weighted by molar-refractivity contribution is 0.199. The number of benzene rings is 1. The Labute approximate surface area is 69.3 Å². The zero-order valence-corrected chi connectivity index (χ0v) is 6.27. The van der Waals surface area contributed by atoms with Crippen LogP contribution in [0.4, 0.5) is 5.69 Å². The lowest BCUT2D eigenvalue weighted by Crippen LogP contribution is -2.27. The smallest absolute Gasteiger partial charge is 0.327 e. The third-order valence-electron chi connectivity index (χ3n) is 1.44. The van der Waals surface area contributed by atoms with Crippen molar-refractivity contribution in [2.24, 2.45) is 10.8 Å². The molecule has 0 amide bonds. The highest BCUT2D eigenvalue weighted by Gasteiger charge is 2.12. The summed E-state index contributed by atoms with van der Waals surface area (Å²) in [6.07, 6.45) is 0. The molecule has 1 heterocycles. The van der Waals surface area contributed by atoms with Crippen molar-refractivity contribution >= 4 is 11.7 Å². The van der Waals surface area contributed by atoms with E-state index in [1.54, 1.807) is 0 Å². The summed E-state index contributed by atoms with van der Waals surface area (Å²) in [4.78, 5) is 4.72. The van der Waals surface area contributed by atoms with Crippen LogP contribution in [0.5, 0.6) is 0 Å². The van der Waals surface area contributed by atoms with E-state index in [0.29, 0.717) is 0 Å². The van der Waals surface area contributed by atoms with Gasteiger partial charge in [-0.1, -0.05) is 23.3 Å². The number of nitrogens with two attached hydrogens (primary N) is 1. The fourth-order valence-corrected chi connectivity index (χ4v) is 0.909. The van der Waals surface area contributed by atoms with Crippen molar-refractivity contribution in [3.8, 4) is 0 Å². The quantitative estimate of drug-likeness (QED) is 0.621. The first-order chi connectivity index (χ1) is 5.86. The van der Waals surface area contributed by atoms with E-state index in [9.17, 15) is 0 Å². The third kappa shape index (κ3) is 1.17. The van der Waals surface area contributed by atoms with Gasteiger partial charge in [0.15, 0.2) is 0 Å². The maximum absolute atomic E-state index is 5.29. The highest BCUT2D eigenvalue weighted by atomic mass is 16.7. The van der Waals surface area contributed by atoms with E-state index in [1.807, 2.05) is 30.3 Å². The summed E-state index contributed by atoms with van der Waals surface area (Å²) in [5.74, 6) is 0. The fourth-order valence-electron chi connectivity index (χ4n) is 0.909. The van der Waals surface area contributed by atoms with Crippen LogP contribution in [0.1, 0.15) is 0 Å². The molecule has 0 spiro atoms. The van der Waals surface area contributed by atoms with Gasteiger partial charge in [-0.25, -0.2) is 0 Å². The van der Waals surface area contributed by atoms with Crippen LogP contribution in [-0.4, -0.2) is 6.02 Å². The topological polar surface area (TPSA) is 62.9 Å². The summed E-state index contributed by atoms with van der Waals surface area (Å²) < 4.78 is 0. The Balaban J connectivity index is 2.22. The molecule has 1 aromatic rings. The SMILES string of the molecule is NC1=NN(c2ccccc2)NO1. The number of para-hydroxylation sites is 1. The second-order valence-electron chi connectivity index (χ2n) is 2.28. The van der Waals surface area contributed by atoms with Crippen LogP contribution >= 0.6 is 0 Å². The van der Waals surface area contributed by atoms with Gasteiger partial charge in [0.2, 0.25) is 0 Å². The monoisotopic (exact) mass is 164 g/mol. The van der Waals surface area contributed by atoms with Gasteiger partial charge >= 0.3 is 6.02 Å². The highest BCUT2D eigenvalue weighted by Crippen LogP contribution is 2.12. The van der Waals surface area contributed by atoms with Crippen molar-refractivity contribution in [2.45, 2.75) is 0 Å². The minimum atomic E-state index is 0.110. The van der Waals surface area contributed by atoms with Gasteiger partial charge in [0.05, 0.1) is 5.69 Å². The predicted molar refractivity (Wildman–Crippen MR) is 44.8 cm³/mol. The van der Waals surface area contributed by atoms with Crippen molar-refractivity contribution < 1.29 is 4.84 Å². The lowest BCUT2D eigenvalue weighted by Gasteiger charge is -2.09. The average Bonchev–Trinajstić information content (AvgIpc) is 2.54. The second kappa shape index (κ2) is 2.71. The third-order valence-corrected chi connectivity index (χ3v) is 1.44. The van der Waals surface area contributed by atoms with Gasteiger partial charge < -0.3 is 10.6 Å². The molecule has 0 saturated carbocycles. The Bertz CT molecular complexity index is 298. The van der Waals surface area contributed by atoms with Gasteiger partial charge in [-0.15, -0.1) is 0 Å². The van der Waals surface area contributed by atoms with Crippen LogP contribution in [0, 0.1) is 0 Å². The molecule has 0 radical (unpaired) electrons. The van der Waals surface area contributed by atoms with Gasteiger partial charge in [-0.2, -0.15) is 5.12 Å². The zero-order chi connectivity index (χ0) is 8.39. The van der Waals surface area contributed by atoms with Crippen LogP contribution in [0.15, 0.2) is 35.4 Å². The molecule has 12 heavy (non-hydrogen) atoms. The Hall–Kier alpha value is -1.75. The average molecular weight is 164 g/mol. The minimum absolute atomic E-state index is 0.110. The van der Waals surface area contributed by atoms with Crippen molar-refractivity contribution in [1.82, 2.24) is 5.59 Å². The molecule has 0 aliphatic carbocycles. The number of rotatable bonds is 1. The molecule has 3 N–H and O–H groups in total. The molecule has 0 saturated heterocycles. The summed E-state index contributed by atoms with van der Waals surface area (Å²) in [7, 11) is 0. The van der Waals surface area contributed by atoms with Crippen molar-refractivity contribution in [1.29, 1.82) is 0 Å². The molecular weight excluding hydrogens is 156 g/mol. The molecule has 1 aromatic carbocycles. The summed E-state index contributed by atoms with van der Waals surface area (Å²) in [5.41, 5.74) is 8.69. The summed E-state index contributed by atoms with van der Waals surface area (Å²) in [6, 6.07) is 9.62. The van der Waals surface area contributed by atoms with Crippen LogP contribution < -0.4 is 16.4 Å². The van der Waals surface area contributed by atoms with E-state index >= 15 is 0 Å². The van der Waals surface area contributed by atoms with E-state index in [4.69, 9.17) is 10.6 Å². The number of hydrazone groups is 1. The lowest BCUT2D eigenvalue weighted by atomic mass is 10.3. The molecule has 1 aliphatic heterocycles. The number of amidine groups is 1. The molecule has 62 valence electrons. The van der Waals surface area contributed by atoms with E-state index in [-0.39, 0.29) is 6.02 Å². The number of anilines is 1. The molecule has 5 nitrogen and oxygen atoms in total. The van der Waals surface area contributed by atoms with E-state index in [2.05, 4.69) is 10.7 Å². The molecule has 0 fully saturated rings. The number of nitrogens with zero attached hydrogens (tertiary/aromatic N) is 2. The standard InChI is InChI=1S/C7H8N4O/c8-7-9-11(10-12-7)6-4-2-1-3-5-6/h1-5,10H,(H2,8,9). The summed E-state index contributed by atoms with van der Waals surface area (Å²) in [6.45, 7) is 0. The first-order valence-corrected chi connectivity index (χ1v) is 3.48. The van der Waals surface area contributed by atoms with Gasteiger partial charge in [0.25, 0.3) is 0 Å². The Morgan fingerprint density at radius 2 is 2.08 bits per heavy atom. The van der Waals surface area contributed by atoms with Crippen LogP contribution in [-0.2, 0) is 4.84 Å². The maximum Gasteiger partial charge on any atom is 0.327 e. The van der Waals surface area contributed by atoms with Crippen LogP contribution in [0.2, 0.25) is 0 Å². The molecule has 1 aliphatic rings. The molecule has 0 atom stereocenters. The molecule has 5 heteroatoms. The minimum Gasteiger partial charge on any atom is -0.351 e. The predicted octanol–water partition coefficient (Wildman–Crippen LogP) is 0.173. The maximum atomic E-state index is 5.29. The zero-order valence-electron chi connectivity index (χ0n) is 6.27. The summed E-state index contributed by atoms with van der Waals surface area (Å²) >= 11 is 0. The summed E-state index contributed by atoms with van der Waals surface area (Å²) in [5, 5.41) is 5.31. The molecule has 2 rings (SSSR count). The van der Waals surface area contributed by atoms with Crippen molar-refractivity contribution in [2.75, 3.05) is 5.12 Å². The number of hydrogen-bond acceptors (Lipinski definition) is 5. The Kier molecular flexibility index (Phi) is 1.56. The van der Waals surface area contributed by atoms with E-state index in [1.165, 1.54) is 5.12 Å². The van der Waals surface area contributed by atoms with Crippen LogP contribution in [0.3, 0.4) is 0 Å². The number of hydrazine groups is 1. The van der Waals surface area contributed by atoms with Crippen molar-refractivity contribution in [3.05, 3.63) is 30.3 Å². The number of hydrogen-bond donors (Lipinski definition) is 2. The van der Waals surface area contributed by atoms with Crippen LogP contribution in [0.25, 0.3) is 0 Å². The largest absolute Gasteiger partial charge is 0.351 e. The van der Waals surface area contributed by atoms with Gasteiger partial charge in [-0.3, -0.25) is 0 Å². The molecule has 0 bridgehead atoms. The normalized spacial score (nSPS) is 15.7. The highest BCUT2D eigenvalue weighted by molar-refractivity contribution is 5.74. The van der Waals surface area contributed by atoms with Gasteiger partial charge in [0.1, 0.15) is 0 Å². The molecular formula is C7H8N4O. The number of nitrogens with one attached hydrogen (secondary N) is 1. The van der Waals surface area contributed by atoms with E-state index in [0.717, 1.165) is 5.69 Å². The molecule has 0 aromatic heterocycles.